The normalized spacial score (nSPS) is 23.2. The molecule has 1 aromatic carbocycles. The SMILES string of the molecule is COc1cc(Br)c(C)c(C2(C)CCCN2)c1OC. The Kier molecular flexibility index (Phi) is 3.87. The monoisotopic (exact) mass is 313 g/mol. The molecule has 18 heavy (non-hydrogen) atoms. The highest BCUT2D eigenvalue weighted by molar-refractivity contribution is 9.10. The Morgan fingerprint density at radius 1 is 1.33 bits per heavy atom. The van der Waals surface area contributed by atoms with E-state index in [1.165, 1.54) is 17.5 Å². The molecule has 1 aliphatic heterocycles. The fraction of sp³-hybridized carbons (Fsp3) is 0.571. The Balaban J connectivity index is 2.66. The third-order valence-electron chi connectivity index (χ3n) is 3.79. The van der Waals surface area contributed by atoms with E-state index in [0.29, 0.717) is 0 Å². The maximum atomic E-state index is 5.59. The number of nitrogens with one attached hydrogen (secondary N) is 1. The van der Waals surface area contributed by atoms with Crippen molar-refractivity contribution in [3.05, 3.63) is 21.7 Å². The van der Waals surface area contributed by atoms with Gasteiger partial charge in [-0.15, -0.1) is 0 Å². The number of ether oxygens (including phenoxy) is 2. The van der Waals surface area contributed by atoms with Gasteiger partial charge in [-0.1, -0.05) is 15.9 Å². The molecule has 1 N–H and O–H groups in total. The first-order valence-electron chi connectivity index (χ1n) is 6.20. The van der Waals surface area contributed by atoms with Crippen LogP contribution in [0.2, 0.25) is 0 Å². The van der Waals surface area contributed by atoms with Crippen LogP contribution < -0.4 is 14.8 Å². The molecule has 0 bridgehead atoms. The minimum atomic E-state index is -0.0352. The zero-order valence-electron chi connectivity index (χ0n) is 11.4. The van der Waals surface area contributed by atoms with Crippen LogP contribution in [0, 0.1) is 6.92 Å². The molecule has 0 radical (unpaired) electrons. The van der Waals surface area contributed by atoms with E-state index in [1.54, 1.807) is 14.2 Å². The Labute approximate surface area is 117 Å². The van der Waals surface area contributed by atoms with Crippen LogP contribution in [-0.2, 0) is 5.54 Å². The summed E-state index contributed by atoms with van der Waals surface area (Å²) in [5.74, 6) is 1.62. The van der Waals surface area contributed by atoms with Crippen LogP contribution in [0.1, 0.15) is 30.9 Å². The first-order chi connectivity index (χ1) is 8.53. The van der Waals surface area contributed by atoms with Gasteiger partial charge in [-0.3, -0.25) is 0 Å². The molecule has 0 amide bonds. The van der Waals surface area contributed by atoms with Crippen LogP contribution in [0.15, 0.2) is 10.5 Å². The summed E-state index contributed by atoms with van der Waals surface area (Å²) < 4.78 is 12.1. The van der Waals surface area contributed by atoms with Crippen LogP contribution in [0.5, 0.6) is 11.5 Å². The average Bonchev–Trinajstić information content (AvgIpc) is 2.79. The molecule has 1 saturated heterocycles. The Morgan fingerprint density at radius 3 is 2.56 bits per heavy atom. The molecule has 1 heterocycles. The van der Waals surface area contributed by atoms with E-state index in [-0.39, 0.29) is 5.54 Å². The van der Waals surface area contributed by atoms with Gasteiger partial charge in [-0.25, -0.2) is 0 Å². The molecule has 0 spiro atoms. The topological polar surface area (TPSA) is 30.5 Å². The van der Waals surface area contributed by atoms with Crippen molar-refractivity contribution in [1.29, 1.82) is 0 Å². The number of rotatable bonds is 3. The van der Waals surface area contributed by atoms with Gasteiger partial charge in [-0.05, 0) is 44.9 Å². The molecule has 0 saturated carbocycles. The lowest BCUT2D eigenvalue weighted by Gasteiger charge is -2.30. The first-order valence-corrected chi connectivity index (χ1v) is 6.99. The zero-order chi connectivity index (χ0) is 13.3. The van der Waals surface area contributed by atoms with Gasteiger partial charge in [0, 0.05) is 15.6 Å². The van der Waals surface area contributed by atoms with Crippen molar-refractivity contribution in [2.45, 2.75) is 32.2 Å². The lowest BCUT2D eigenvalue weighted by molar-refractivity contribution is 0.332. The summed E-state index contributed by atoms with van der Waals surface area (Å²) in [6.07, 6.45) is 2.30. The van der Waals surface area contributed by atoms with Crippen LogP contribution in [0.3, 0.4) is 0 Å². The molecule has 1 fully saturated rings. The third-order valence-corrected chi connectivity index (χ3v) is 4.61. The highest BCUT2D eigenvalue weighted by Crippen LogP contribution is 2.45. The lowest BCUT2D eigenvalue weighted by Crippen LogP contribution is -2.34. The lowest BCUT2D eigenvalue weighted by atomic mass is 9.86. The smallest absolute Gasteiger partial charge is 0.166 e. The molecular formula is C14H20BrNO2. The summed E-state index contributed by atoms with van der Waals surface area (Å²) in [4.78, 5) is 0. The fourth-order valence-corrected chi connectivity index (χ4v) is 3.23. The van der Waals surface area contributed by atoms with Crippen molar-refractivity contribution in [3.8, 4) is 11.5 Å². The number of methoxy groups -OCH3 is 2. The number of benzene rings is 1. The van der Waals surface area contributed by atoms with Crippen LogP contribution in [-0.4, -0.2) is 20.8 Å². The average molecular weight is 314 g/mol. The molecule has 0 aromatic heterocycles. The maximum absolute atomic E-state index is 5.59. The van der Waals surface area contributed by atoms with Gasteiger partial charge in [0.25, 0.3) is 0 Å². The van der Waals surface area contributed by atoms with Crippen molar-refractivity contribution in [3.63, 3.8) is 0 Å². The molecule has 100 valence electrons. The van der Waals surface area contributed by atoms with Crippen LogP contribution in [0.4, 0.5) is 0 Å². The zero-order valence-corrected chi connectivity index (χ0v) is 13.0. The summed E-state index contributed by atoms with van der Waals surface area (Å²) in [5, 5.41) is 3.59. The Bertz CT molecular complexity index is 454. The second-order valence-corrected chi connectivity index (χ2v) is 5.81. The predicted molar refractivity (Wildman–Crippen MR) is 76.6 cm³/mol. The van der Waals surface area contributed by atoms with E-state index < -0.39 is 0 Å². The number of hydrogen-bond acceptors (Lipinski definition) is 3. The van der Waals surface area contributed by atoms with E-state index >= 15 is 0 Å². The van der Waals surface area contributed by atoms with Gasteiger partial charge in [-0.2, -0.15) is 0 Å². The van der Waals surface area contributed by atoms with Crippen LogP contribution >= 0.6 is 15.9 Å². The summed E-state index contributed by atoms with van der Waals surface area (Å²) >= 11 is 3.61. The Morgan fingerprint density at radius 2 is 2.06 bits per heavy atom. The van der Waals surface area contributed by atoms with Gasteiger partial charge in [0.1, 0.15) is 0 Å². The van der Waals surface area contributed by atoms with E-state index in [1.807, 2.05) is 6.07 Å². The second-order valence-electron chi connectivity index (χ2n) is 4.96. The van der Waals surface area contributed by atoms with Gasteiger partial charge < -0.3 is 14.8 Å². The third kappa shape index (κ3) is 2.12. The molecular weight excluding hydrogens is 294 g/mol. The summed E-state index contributed by atoms with van der Waals surface area (Å²) in [5.41, 5.74) is 2.38. The quantitative estimate of drug-likeness (QED) is 0.928. The largest absolute Gasteiger partial charge is 0.493 e. The van der Waals surface area contributed by atoms with E-state index in [9.17, 15) is 0 Å². The standard InChI is InChI=1S/C14H20BrNO2/c1-9-10(15)8-11(17-3)13(18-4)12(9)14(2)6-5-7-16-14/h8,16H,5-7H2,1-4H3. The minimum absolute atomic E-state index is 0.0352. The Hall–Kier alpha value is -0.740. The van der Waals surface area contributed by atoms with Gasteiger partial charge in [0.2, 0.25) is 0 Å². The highest BCUT2D eigenvalue weighted by Gasteiger charge is 2.36. The van der Waals surface area contributed by atoms with E-state index in [0.717, 1.165) is 28.9 Å². The van der Waals surface area contributed by atoms with Crippen molar-refractivity contribution >= 4 is 15.9 Å². The predicted octanol–water partition coefficient (Wildman–Crippen LogP) is 3.37. The molecule has 1 aliphatic rings. The van der Waals surface area contributed by atoms with Crippen molar-refractivity contribution in [2.24, 2.45) is 0 Å². The molecule has 3 nitrogen and oxygen atoms in total. The number of halogens is 1. The molecule has 1 unspecified atom stereocenters. The molecule has 0 aliphatic carbocycles. The fourth-order valence-electron chi connectivity index (χ4n) is 2.83. The summed E-state index contributed by atoms with van der Waals surface area (Å²) in [6, 6.07) is 1.97. The van der Waals surface area contributed by atoms with Gasteiger partial charge in [0.15, 0.2) is 11.5 Å². The first kappa shape index (κ1) is 13.7. The van der Waals surface area contributed by atoms with E-state index in [2.05, 4.69) is 35.1 Å². The van der Waals surface area contributed by atoms with Crippen molar-refractivity contribution < 1.29 is 9.47 Å². The summed E-state index contributed by atoms with van der Waals surface area (Å²) in [7, 11) is 3.38. The van der Waals surface area contributed by atoms with Crippen molar-refractivity contribution in [2.75, 3.05) is 20.8 Å². The van der Waals surface area contributed by atoms with Gasteiger partial charge in [0.05, 0.1) is 14.2 Å². The van der Waals surface area contributed by atoms with Crippen molar-refractivity contribution in [1.82, 2.24) is 5.32 Å². The maximum Gasteiger partial charge on any atom is 0.166 e. The second kappa shape index (κ2) is 5.10. The molecule has 4 heteroatoms. The molecule has 1 atom stereocenters. The molecule has 2 rings (SSSR count). The van der Waals surface area contributed by atoms with Gasteiger partial charge >= 0.3 is 0 Å². The van der Waals surface area contributed by atoms with Crippen LogP contribution in [0.25, 0.3) is 0 Å². The highest BCUT2D eigenvalue weighted by atomic mass is 79.9. The molecule has 1 aromatic rings. The summed E-state index contributed by atoms with van der Waals surface area (Å²) in [6.45, 7) is 5.40. The minimum Gasteiger partial charge on any atom is -0.493 e. The number of hydrogen-bond donors (Lipinski definition) is 1. The van der Waals surface area contributed by atoms with E-state index in [4.69, 9.17) is 9.47 Å².